The van der Waals surface area contributed by atoms with E-state index < -0.39 is 11.1 Å². The second kappa shape index (κ2) is 8.38. The zero-order valence-corrected chi connectivity index (χ0v) is 25.0. The minimum atomic E-state index is -0.818. The number of methoxy groups -OCH3 is 2. The summed E-state index contributed by atoms with van der Waals surface area (Å²) in [6.07, 6.45) is 8.64. The van der Waals surface area contributed by atoms with E-state index in [1.807, 2.05) is 30.1 Å². The number of carbonyl (C=O) groups is 1. The zero-order valence-electron chi connectivity index (χ0n) is 25.0. The van der Waals surface area contributed by atoms with E-state index in [9.17, 15) is 4.79 Å². The fraction of sp³-hybridized carbons (Fsp3) is 0.571. The normalized spacial score (nSPS) is 34.5. The van der Waals surface area contributed by atoms with Crippen LogP contribution in [0.5, 0.6) is 11.5 Å². The molecule has 0 aromatic heterocycles. The van der Waals surface area contributed by atoms with Crippen LogP contribution in [0.25, 0.3) is 0 Å². The van der Waals surface area contributed by atoms with E-state index in [0.29, 0.717) is 6.04 Å². The highest BCUT2D eigenvalue weighted by molar-refractivity contribution is 5.97. The van der Waals surface area contributed by atoms with Gasteiger partial charge in [-0.15, -0.1) is 0 Å². The number of carbonyl (C=O) groups excluding carboxylic acids is 1. The van der Waals surface area contributed by atoms with Crippen LogP contribution in [0.3, 0.4) is 0 Å². The van der Waals surface area contributed by atoms with E-state index in [-0.39, 0.29) is 22.8 Å². The van der Waals surface area contributed by atoms with Crippen molar-refractivity contribution in [2.75, 3.05) is 34.4 Å². The van der Waals surface area contributed by atoms with Crippen LogP contribution in [-0.2, 0) is 26.9 Å². The quantitative estimate of drug-likeness (QED) is 0.469. The maximum Gasteiger partial charge on any atom is 0.253 e. The molecule has 0 unspecified atom stereocenters. The minimum absolute atomic E-state index is 0.0405. The number of nitrogens with zero attached hydrogens (tertiary/aromatic N) is 2. The van der Waals surface area contributed by atoms with Crippen molar-refractivity contribution in [3.8, 4) is 11.5 Å². The van der Waals surface area contributed by atoms with Crippen LogP contribution in [0.1, 0.15) is 62.6 Å². The van der Waals surface area contributed by atoms with Crippen molar-refractivity contribution in [2.45, 2.75) is 81.1 Å². The Labute approximate surface area is 243 Å². The SMILES string of the molecule is COc1ccc2c3c1O[C@@H]1[C@]34CCN(CC3CC3)[C@H](C2)[C@@]42C=C(C(=O)N(C)C(C)(C)c3ccccc3)[C@]1(OC)CC2. The number of hydrogen-bond acceptors (Lipinski definition) is 5. The Balaban J connectivity index is 1.32. The lowest BCUT2D eigenvalue weighted by Crippen LogP contribution is -2.78. The first-order chi connectivity index (χ1) is 19.7. The molecule has 216 valence electrons. The largest absolute Gasteiger partial charge is 0.493 e. The summed E-state index contributed by atoms with van der Waals surface area (Å²) in [5, 5.41) is 0. The summed E-state index contributed by atoms with van der Waals surface area (Å²) in [5.74, 6) is 2.54. The summed E-state index contributed by atoms with van der Waals surface area (Å²) in [4.78, 5) is 19.5. The van der Waals surface area contributed by atoms with Gasteiger partial charge in [-0.25, -0.2) is 0 Å². The van der Waals surface area contributed by atoms with E-state index in [4.69, 9.17) is 14.2 Å². The monoisotopic (exact) mass is 554 g/mol. The minimum Gasteiger partial charge on any atom is -0.493 e. The highest BCUT2D eigenvalue weighted by Crippen LogP contribution is 2.75. The Morgan fingerprint density at radius 3 is 2.59 bits per heavy atom. The van der Waals surface area contributed by atoms with E-state index in [1.54, 1.807) is 14.2 Å². The number of rotatable bonds is 7. The molecule has 9 rings (SSSR count). The molecule has 41 heavy (non-hydrogen) atoms. The Hall–Kier alpha value is -2.83. The van der Waals surface area contributed by atoms with Crippen LogP contribution >= 0.6 is 0 Å². The second-order valence-corrected chi connectivity index (χ2v) is 14.0. The van der Waals surface area contributed by atoms with E-state index in [2.05, 4.69) is 49.1 Å². The Bertz CT molecular complexity index is 1460. The molecule has 4 bridgehead atoms. The van der Waals surface area contributed by atoms with Gasteiger partial charge in [0.15, 0.2) is 11.5 Å². The molecule has 2 aliphatic heterocycles. The fourth-order valence-corrected chi connectivity index (χ4v) is 9.72. The van der Waals surface area contributed by atoms with Crippen LogP contribution in [0.2, 0.25) is 0 Å². The first-order valence-corrected chi connectivity index (χ1v) is 15.5. The van der Waals surface area contributed by atoms with Crippen LogP contribution in [0.4, 0.5) is 0 Å². The lowest BCUT2D eigenvalue weighted by Gasteiger charge is -2.70. The summed E-state index contributed by atoms with van der Waals surface area (Å²) in [7, 11) is 5.46. The van der Waals surface area contributed by atoms with Crippen molar-refractivity contribution < 1.29 is 19.0 Å². The van der Waals surface area contributed by atoms with Gasteiger partial charge in [-0.2, -0.15) is 0 Å². The molecule has 0 N–H and O–H groups in total. The molecule has 1 saturated heterocycles. The smallest absolute Gasteiger partial charge is 0.253 e. The molecule has 5 atom stereocenters. The summed E-state index contributed by atoms with van der Waals surface area (Å²) >= 11 is 0. The Morgan fingerprint density at radius 2 is 1.88 bits per heavy atom. The predicted octanol–water partition coefficient (Wildman–Crippen LogP) is 5.23. The number of likely N-dealkylation sites (tertiary alicyclic amines) is 1. The Kier molecular flexibility index (Phi) is 5.28. The van der Waals surface area contributed by atoms with Gasteiger partial charge in [-0.3, -0.25) is 9.69 Å². The zero-order chi connectivity index (χ0) is 28.4. The van der Waals surface area contributed by atoms with Crippen molar-refractivity contribution in [1.29, 1.82) is 0 Å². The second-order valence-electron chi connectivity index (χ2n) is 14.0. The van der Waals surface area contributed by atoms with E-state index in [1.165, 1.54) is 30.5 Å². The molecule has 2 aromatic carbocycles. The molecule has 2 heterocycles. The maximum absolute atomic E-state index is 14.8. The average molecular weight is 555 g/mol. The van der Waals surface area contributed by atoms with Crippen LogP contribution in [-0.4, -0.2) is 67.8 Å². The molecule has 2 aromatic rings. The highest BCUT2D eigenvalue weighted by atomic mass is 16.6. The van der Waals surface area contributed by atoms with Gasteiger partial charge in [0.2, 0.25) is 0 Å². The number of piperidine rings is 1. The molecule has 0 radical (unpaired) electrons. The standard InChI is InChI=1S/C35H42N2O4/c1-32(2,24-9-7-6-8-10-24)36(3)30(38)25-20-33-15-16-35(25,40-5)31-34(33)17-18-37(21-22-11-12-22)27(33)19-23-13-14-26(39-4)29(41-31)28(23)34/h6-10,13-14,20,22,27,31H,11-12,15-19,21H2,1-5H3/t27-,31-,33-,34+,35-/m1/s1. The lowest BCUT2D eigenvalue weighted by molar-refractivity contribution is -0.198. The van der Waals surface area contributed by atoms with Crippen molar-refractivity contribution >= 4 is 5.91 Å². The van der Waals surface area contributed by atoms with Crippen molar-refractivity contribution in [1.82, 2.24) is 9.80 Å². The molecular formula is C35H42N2O4. The molecule has 1 amide bonds. The molecule has 6 heteroatoms. The first-order valence-electron chi connectivity index (χ1n) is 15.5. The highest BCUT2D eigenvalue weighted by Gasteiger charge is 2.79. The van der Waals surface area contributed by atoms with Crippen molar-refractivity contribution in [3.63, 3.8) is 0 Å². The topological polar surface area (TPSA) is 51.2 Å². The van der Waals surface area contributed by atoms with E-state index in [0.717, 1.165) is 60.8 Å². The number of fused-ring (bicyclic) bond motifs is 1. The molecule has 7 aliphatic rings. The summed E-state index contributed by atoms with van der Waals surface area (Å²) in [5.41, 5.74) is 2.92. The van der Waals surface area contributed by atoms with Gasteiger partial charge in [0.1, 0.15) is 11.7 Å². The van der Waals surface area contributed by atoms with Crippen LogP contribution in [0, 0.1) is 11.3 Å². The molecule has 2 saturated carbocycles. The third kappa shape index (κ3) is 3.03. The summed E-state index contributed by atoms with van der Waals surface area (Å²) in [6.45, 7) is 6.50. The average Bonchev–Trinajstić information content (AvgIpc) is 3.74. The van der Waals surface area contributed by atoms with Gasteiger partial charge in [-0.1, -0.05) is 42.5 Å². The van der Waals surface area contributed by atoms with Gasteiger partial charge in [0.05, 0.1) is 18.1 Å². The van der Waals surface area contributed by atoms with Crippen LogP contribution in [0.15, 0.2) is 54.1 Å². The molecular weight excluding hydrogens is 512 g/mol. The number of hydrogen-bond donors (Lipinski definition) is 0. The Morgan fingerprint density at radius 1 is 1.10 bits per heavy atom. The van der Waals surface area contributed by atoms with Crippen LogP contribution < -0.4 is 9.47 Å². The van der Waals surface area contributed by atoms with Gasteiger partial charge in [0.25, 0.3) is 5.91 Å². The predicted molar refractivity (Wildman–Crippen MR) is 157 cm³/mol. The summed E-state index contributed by atoms with van der Waals surface area (Å²) < 4.78 is 19.6. The van der Waals surface area contributed by atoms with Gasteiger partial charge >= 0.3 is 0 Å². The van der Waals surface area contributed by atoms with Gasteiger partial charge in [-0.05, 0) is 82.0 Å². The molecule has 2 spiro atoms. The van der Waals surface area contributed by atoms with Gasteiger partial charge < -0.3 is 19.1 Å². The van der Waals surface area contributed by atoms with E-state index >= 15 is 0 Å². The molecule has 3 fully saturated rings. The number of likely N-dealkylation sites (N-methyl/N-ethyl adjacent to an activating group) is 1. The summed E-state index contributed by atoms with van der Waals surface area (Å²) in [6, 6.07) is 15.0. The number of ether oxygens (including phenoxy) is 3. The van der Waals surface area contributed by atoms with Gasteiger partial charge in [0, 0.05) is 43.3 Å². The fourth-order valence-electron chi connectivity index (χ4n) is 9.72. The number of amides is 1. The molecule has 5 aliphatic carbocycles. The van der Waals surface area contributed by atoms with Crippen molar-refractivity contribution in [3.05, 3.63) is 70.8 Å². The lowest BCUT2D eigenvalue weighted by atomic mass is 9.37. The number of benzene rings is 2. The first kappa shape index (κ1) is 25.8. The third-order valence-electron chi connectivity index (χ3n) is 12.2. The molecule has 6 nitrogen and oxygen atoms in total. The third-order valence-corrected chi connectivity index (χ3v) is 12.2. The maximum atomic E-state index is 14.8. The van der Waals surface area contributed by atoms with Crippen molar-refractivity contribution in [2.24, 2.45) is 11.3 Å².